The first kappa shape index (κ1) is 13.6. The first-order valence-electron chi connectivity index (χ1n) is 7.04. The average molecular weight is 284 g/mol. The number of rotatable bonds is 3. The Balaban J connectivity index is 2.03. The van der Waals surface area contributed by atoms with E-state index < -0.39 is 0 Å². The van der Waals surface area contributed by atoms with Crippen LogP contribution in [0.15, 0.2) is 12.4 Å². The second-order valence-electron chi connectivity index (χ2n) is 5.49. The summed E-state index contributed by atoms with van der Waals surface area (Å²) in [5, 5.41) is 5.19. The highest BCUT2D eigenvalue weighted by molar-refractivity contribution is 5.91. The van der Waals surface area contributed by atoms with Crippen LogP contribution in [0, 0.1) is 20.8 Å². The van der Waals surface area contributed by atoms with Gasteiger partial charge in [0, 0.05) is 25.5 Å². The number of nitrogen functional groups attached to an aromatic ring is 1. The van der Waals surface area contributed by atoms with Gasteiger partial charge in [-0.25, -0.2) is 9.97 Å². The lowest BCUT2D eigenvalue weighted by Crippen LogP contribution is -2.05. The molecule has 0 bridgehead atoms. The lowest BCUT2D eigenvalue weighted by Gasteiger charge is -2.07. The standard InChI is InChI=1S/C15H20N6/c1-9-10(2)21(6-5-12-7-17-20(4)8-12)15-13(9)14(16)18-11(3)19-15/h7-8H,5-6H2,1-4H3,(H2,16,18,19). The van der Waals surface area contributed by atoms with Gasteiger partial charge in [-0.15, -0.1) is 0 Å². The summed E-state index contributed by atoms with van der Waals surface area (Å²) in [6.07, 6.45) is 4.87. The number of hydrogen-bond donors (Lipinski definition) is 1. The van der Waals surface area contributed by atoms with Crippen LogP contribution in [0.1, 0.15) is 22.6 Å². The van der Waals surface area contributed by atoms with Crippen LogP contribution in [0.5, 0.6) is 0 Å². The third-order valence-electron chi connectivity index (χ3n) is 3.99. The number of nitrogens with two attached hydrogens (primary N) is 1. The molecule has 3 rings (SSSR count). The topological polar surface area (TPSA) is 74.5 Å². The lowest BCUT2D eigenvalue weighted by molar-refractivity contribution is 0.692. The fourth-order valence-electron chi connectivity index (χ4n) is 2.79. The predicted octanol–water partition coefficient (Wildman–Crippen LogP) is 1.91. The third kappa shape index (κ3) is 2.26. The molecule has 21 heavy (non-hydrogen) atoms. The van der Waals surface area contributed by atoms with Crippen LogP contribution in [0.4, 0.5) is 5.82 Å². The number of anilines is 1. The summed E-state index contributed by atoms with van der Waals surface area (Å²) in [4.78, 5) is 8.87. The maximum atomic E-state index is 6.07. The average Bonchev–Trinajstić information content (AvgIpc) is 2.92. The number of hydrogen-bond acceptors (Lipinski definition) is 4. The molecule has 110 valence electrons. The summed E-state index contributed by atoms with van der Waals surface area (Å²) in [6, 6.07) is 0. The Bertz CT molecular complexity index is 811. The molecule has 6 nitrogen and oxygen atoms in total. The van der Waals surface area contributed by atoms with E-state index in [0.717, 1.165) is 29.6 Å². The minimum Gasteiger partial charge on any atom is -0.383 e. The van der Waals surface area contributed by atoms with Gasteiger partial charge in [0.15, 0.2) is 0 Å². The van der Waals surface area contributed by atoms with Crippen molar-refractivity contribution >= 4 is 16.9 Å². The summed E-state index contributed by atoms with van der Waals surface area (Å²) in [7, 11) is 1.93. The summed E-state index contributed by atoms with van der Waals surface area (Å²) in [5.74, 6) is 1.28. The van der Waals surface area contributed by atoms with Crippen LogP contribution in [0.25, 0.3) is 11.0 Å². The number of nitrogens with zero attached hydrogens (tertiary/aromatic N) is 5. The molecule has 3 aromatic heterocycles. The van der Waals surface area contributed by atoms with Crippen LogP contribution in [0.2, 0.25) is 0 Å². The van der Waals surface area contributed by atoms with Crippen molar-refractivity contribution in [1.82, 2.24) is 24.3 Å². The summed E-state index contributed by atoms with van der Waals surface area (Å²) >= 11 is 0. The monoisotopic (exact) mass is 284 g/mol. The van der Waals surface area contributed by atoms with Gasteiger partial charge in [-0.3, -0.25) is 4.68 Å². The lowest BCUT2D eigenvalue weighted by atomic mass is 10.2. The van der Waals surface area contributed by atoms with E-state index >= 15 is 0 Å². The Labute approximate surface area is 123 Å². The molecule has 0 amide bonds. The molecule has 3 aromatic rings. The molecule has 0 saturated heterocycles. The Morgan fingerprint density at radius 2 is 1.95 bits per heavy atom. The fraction of sp³-hybridized carbons (Fsp3) is 0.400. The van der Waals surface area contributed by atoms with Crippen LogP contribution in [-0.2, 0) is 20.0 Å². The molecule has 0 unspecified atom stereocenters. The Kier molecular flexibility index (Phi) is 3.16. The van der Waals surface area contributed by atoms with Crippen LogP contribution >= 0.6 is 0 Å². The molecular weight excluding hydrogens is 264 g/mol. The van der Waals surface area contributed by atoms with E-state index in [0.29, 0.717) is 11.6 Å². The van der Waals surface area contributed by atoms with E-state index in [1.165, 1.54) is 11.3 Å². The van der Waals surface area contributed by atoms with Crippen LogP contribution in [-0.4, -0.2) is 24.3 Å². The van der Waals surface area contributed by atoms with Crippen molar-refractivity contribution in [3.8, 4) is 0 Å². The Morgan fingerprint density at radius 1 is 1.19 bits per heavy atom. The highest BCUT2D eigenvalue weighted by Gasteiger charge is 2.16. The zero-order valence-corrected chi connectivity index (χ0v) is 12.9. The predicted molar refractivity (Wildman–Crippen MR) is 83.1 cm³/mol. The maximum Gasteiger partial charge on any atom is 0.146 e. The van der Waals surface area contributed by atoms with Gasteiger partial charge in [0.05, 0.1) is 11.6 Å². The molecule has 2 N–H and O–H groups in total. The maximum absolute atomic E-state index is 6.07. The van der Waals surface area contributed by atoms with Gasteiger partial charge in [-0.05, 0) is 38.3 Å². The largest absolute Gasteiger partial charge is 0.383 e. The van der Waals surface area contributed by atoms with Gasteiger partial charge in [0.2, 0.25) is 0 Å². The van der Waals surface area contributed by atoms with E-state index in [2.05, 4.69) is 33.5 Å². The molecule has 0 atom stereocenters. The first-order valence-corrected chi connectivity index (χ1v) is 7.04. The van der Waals surface area contributed by atoms with E-state index in [-0.39, 0.29) is 0 Å². The molecule has 0 aliphatic rings. The molecule has 0 aliphatic heterocycles. The fourth-order valence-corrected chi connectivity index (χ4v) is 2.79. The summed E-state index contributed by atoms with van der Waals surface area (Å²) < 4.78 is 4.05. The Morgan fingerprint density at radius 3 is 2.62 bits per heavy atom. The molecule has 0 aromatic carbocycles. The minimum atomic E-state index is 0.568. The number of aromatic nitrogens is 5. The van der Waals surface area contributed by atoms with E-state index in [1.807, 2.05) is 31.0 Å². The highest BCUT2D eigenvalue weighted by atomic mass is 15.2. The van der Waals surface area contributed by atoms with Crippen molar-refractivity contribution in [3.05, 3.63) is 35.0 Å². The summed E-state index contributed by atoms with van der Waals surface area (Å²) in [6.45, 7) is 6.92. The van der Waals surface area contributed by atoms with Gasteiger partial charge in [0.1, 0.15) is 17.3 Å². The number of fused-ring (bicyclic) bond motifs is 1. The third-order valence-corrected chi connectivity index (χ3v) is 3.99. The van der Waals surface area contributed by atoms with E-state index in [4.69, 9.17) is 5.73 Å². The van der Waals surface area contributed by atoms with Crippen LogP contribution < -0.4 is 5.73 Å². The molecule has 6 heteroatoms. The summed E-state index contributed by atoms with van der Waals surface area (Å²) in [5.41, 5.74) is 10.6. The van der Waals surface area contributed by atoms with Crippen molar-refractivity contribution in [1.29, 1.82) is 0 Å². The molecule has 0 aliphatic carbocycles. The molecule has 0 spiro atoms. The van der Waals surface area contributed by atoms with Gasteiger partial charge in [-0.2, -0.15) is 5.10 Å². The molecular formula is C15H20N6. The molecule has 0 radical (unpaired) electrons. The molecule has 0 saturated carbocycles. The normalized spacial score (nSPS) is 11.4. The van der Waals surface area contributed by atoms with Gasteiger partial charge < -0.3 is 10.3 Å². The molecule has 0 fully saturated rings. The van der Waals surface area contributed by atoms with E-state index in [1.54, 1.807) is 0 Å². The Hall–Kier alpha value is -2.37. The van der Waals surface area contributed by atoms with Crippen LogP contribution in [0.3, 0.4) is 0 Å². The quantitative estimate of drug-likeness (QED) is 0.797. The van der Waals surface area contributed by atoms with Crippen molar-refractivity contribution in [2.45, 2.75) is 33.7 Å². The van der Waals surface area contributed by atoms with Crippen molar-refractivity contribution in [3.63, 3.8) is 0 Å². The van der Waals surface area contributed by atoms with Gasteiger partial charge in [0.25, 0.3) is 0 Å². The van der Waals surface area contributed by atoms with Crippen molar-refractivity contribution in [2.24, 2.45) is 7.05 Å². The van der Waals surface area contributed by atoms with Crippen molar-refractivity contribution < 1.29 is 0 Å². The first-order chi connectivity index (χ1) is 9.97. The molecule has 3 heterocycles. The smallest absolute Gasteiger partial charge is 0.146 e. The zero-order chi connectivity index (χ0) is 15.1. The minimum absolute atomic E-state index is 0.568. The van der Waals surface area contributed by atoms with Gasteiger partial charge in [-0.1, -0.05) is 0 Å². The van der Waals surface area contributed by atoms with E-state index in [9.17, 15) is 0 Å². The number of aryl methyl sites for hydroxylation is 5. The zero-order valence-electron chi connectivity index (χ0n) is 12.9. The van der Waals surface area contributed by atoms with Gasteiger partial charge >= 0.3 is 0 Å². The second kappa shape index (κ2) is 4.87. The van der Waals surface area contributed by atoms with Crippen molar-refractivity contribution in [2.75, 3.05) is 5.73 Å². The SMILES string of the molecule is Cc1nc(N)c2c(C)c(C)n(CCc3cnn(C)c3)c2n1. The highest BCUT2D eigenvalue weighted by Crippen LogP contribution is 2.27. The second-order valence-corrected chi connectivity index (χ2v) is 5.49.